The molecule has 128 valence electrons. The Kier molecular flexibility index (Phi) is 5.86. The summed E-state index contributed by atoms with van der Waals surface area (Å²) >= 11 is 3.25. The van der Waals surface area contributed by atoms with Crippen molar-refractivity contribution in [2.45, 2.75) is 43.5 Å². The van der Waals surface area contributed by atoms with Gasteiger partial charge in [0, 0.05) is 30.2 Å². The van der Waals surface area contributed by atoms with Crippen LogP contribution >= 0.6 is 15.9 Å². The van der Waals surface area contributed by atoms with E-state index in [-0.39, 0.29) is 16.8 Å². The molecular weight excluding hydrogens is 380 g/mol. The summed E-state index contributed by atoms with van der Waals surface area (Å²) in [6.07, 6.45) is 4.19. The smallest absolute Gasteiger partial charge is 0.251 e. The van der Waals surface area contributed by atoms with Gasteiger partial charge >= 0.3 is 0 Å². The highest BCUT2D eigenvalue weighted by atomic mass is 79.9. The molecule has 1 aromatic carbocycles. The molecule has 0 saturated heterocycles. The molecule has 1 N–H and O–H groups in total. The molecule has 0 atom stereocenters. The maximum atomic E-state index is 12.4. The van der Waals surface area contributed by atoms with Gasteiger partial charge in [0.15, 0.2) is 0 Å². The highest BCUT2D eigenvalue weighted by Crippen LogP contribution is 2.26. The van der Waals surface area contributed by atoms with Crippen molar-refractivity contribution in [2.24, 2.45) is 5.92 Å². The van der Waals surface area contributed by atoms with Crippen LogP contribution in [-0.2, 0) is 10.0 Å². The van der Waals surface area contributed by atoms with Crippen LogP contribution in [0.1, 0.15) is 43.0 Å². The first-order valence-corrected chi connectivity index (χ1v) is 9.98. The Labute approximate surface area is 146 Å². The number of hydrogen-bond donors (Lipinski definition) is 1. The molecule has 0 unspecified atom stereocenters. The van der Waals surface area contributed by atoms with Crippen molar-refractivity contribution in [2.75, 3.05) is 14.1 Å². The minimum absolute atomic E-state index is 0.104. The minimum Gasteiger partial charge on any atom is -0.349 e. The van der Waals surface area contributed by atoms with Gasteiger partial charge in [0.25, 0.3) is 5.91 Å². The van der Waals surface area contributed by atoms with Crippen molar-refractivity contribution in [1.82, 2.24) is 9.62 Å². The largest absolute Gasteiger partial charge is 0.349 e. The van der Waals surface area contributed by atoms with Crippen molar-refractivity contribution in [1.29, 1.82) is 0 Å². The standard InChI is InChI=1S/C16H23BrN2O3S/c1-11-4-7-13(8-5-11)18-16(20)12-6-9-14(17)15(10-12)23(21,22)19(2)3/h6,9-11,13H,4-5,7-8H2,1-3H3,(H,18,20). The van der Waals surface area contributed by atoms with Gasteiger partial charge in [0.2, 0.25) is 10.0 Å². The van der Waals surface area contributed by atoms with Gasteiger partial charge in [-0.05, 0) is 65.7 Å². The zero-order valence-electron chi connectivity index (χ0n) is 13.7. The quantitative estimate of drug-likeness (QED) is 0.841. The average molecular weight is 403 g/mol. The summed E-state index contributed by atoms with van der Waals surface area (Å²) in [6.45, 7) is 2.23. The van der Waals surface area contributed by atoms with Gasteiger partial charge < -0.3 is 5.32 Å². The summed E-state index contributed by atoms with van der Waals surface area (Å²) in [7, 11) is -0.658. The zero-order valence-corrected chi connectivity index (χ0v) is 16.1. The fourth-order valence-corrected chi connectivity index (χ4v) is 4.56. The molecule has 0 spiro atoms. The number of nitrogens with zero attached hydrogens (tertiary/aromatic N) is 1. The van der Waals surface area contributed by atoms with Crippen LogP contribution in [0, 0.1) is 5.92 Å². The molecule has 1 fully saturated rings. The highest BCUT2D eigenvalue weighted by molar-refractivity contribution is 9.10. The van der Waals surface area contributed by atoms with Crippen LogP contribution in [0.5, 0.6) is 0 Å². The van der Waals surface area contributed by atoms with Gasteiger partial charge in [-0.15, -0.1) is 0 Å². The number of benzene rings is 1. The molecule has 23 heavy (non-hydrogen) atoms. The van der Waals surface area contributed by atoms with E-state index in [1.165, 1.54) is 20.2 Å². The number of carbonyl (C=O) groups excluding carboxylic acids is 1. The van der Waals surface area contributed by atoms with E-state index in [0.29, 0.717) is 16.0 Å². The number of hydrogen-bond acceptors (Lipinski definition) is 3. The maximum absolute atomic E-state index is 12.4. The van der Waals surface area contributed by atoms with E-state index in [9.17, 15) is 13.2 Å². The Hall–Kier alpha value is -0.920. The van der Waals surface area contributed by atoms with E-state index in [1.54, 1.807) is 12.1 Å². The van der Waals surface area contributed by atoms with E-state index in [0.717, 1.165) is 30.0 Å². The summed E-state index contributed by atoms with van der Waals surface area (Å²) in [4.78, 5) is 12.5. The predicted molar refractivity (Wildman–Crippen MR) is 93.9 cm³/mol. The Morgan fingerprint density at radius 2 is 1.83 bits per heavy atom. The third kappa shape index (κ3) is 4.33. The number of nitrogens with one attached hydrogen (secondary N) is 1. The van der Waals surface area contributed by atoms with E-state index < -0.39 is 10.0 Å². The second-order valence-electron chi connectivity index (χ2n) is 6.36. The van der Waals surface area contributed by atoms with Crippen molar-refractivity contribution in [3.63, 3.8) is 0 Å². The molecule has 2 rings (SSSR count). The molecule has 1 amide bonds. The van der Waals surface area contributed by atoms with Crippen molar-refractivity contribution in [3.8, 4) is 0 Å². The first kappa shape index (κ1) is 18.4. The average Bonchev–Trinajstić information content (AvgIpc) is 2.49. The van der Waals surface area contributed by atoms with Crippen LogP contribution in [0.25, 0.3) is 0 Å². The zero-order chi connectivity index (χ0) is 17.2. The Bertz CT molecular complexity index is 681. The first-order valence-electron chi connectivity index (χ1n) is 7.74. The molecule has 5 nitrogen and oxygen atoms in total. The van der Waals surface area contributed by atoms with Crippen LogP contribution in [-0.4, -0.2) is 38.8 Å². The lowest BCUT2D eigenvalue weighted by molar-refractivity contribution is 0.0922. The molecule has 1 aromatic rings. The lowest BCUT2D eigenvalue weighted by atomic mass is 9.87. The van der Waals surface area contributed by atoms with Gasteiger partial charge in [-0.2, -0.15) is 0 Å². The molecule has 0 aliphatic heterocycles. The Morgan fingerprint density at radius 3 is 2.39 bits per heavy atom. The van der Waals surface area contributed by atoms with Gasteiger partial charge in [-0.1, -0.05) is 6.92 Å². The van der Waals surface area contributed by atoms with Gasteiger partial charge in [-0.25, -0.2) is 12.7 Å². The molecule has 0 aromatic heterocycles. The first-order chi connectivity index (χ1) is 10.7. The number of halogens is 1. The van der Waals surface area contributed by atoms with E-state index >= 15 is 0 Å². The van der Waals surface area contributed by atoms with E-state index in [2.05, 4.69) is 28.2 Å². The molecule has 0 radical (unpaired) electrons. The molecule has 1 saturated carbocycles. The van der Waals surface area contributed by atoms with Crippen molar-refractivity contribution < 1.29 is 13.2 Å². The van der Waals surface area contributed by atoms with Crippen LogP contribution < -0.4 is 5.32 Å². The Morgan fingerprint density at radius 1 is 1.22 bits per heavy atom. The molecule has 0 heterocycles. The summed E-state index contributed by atoms with van der Waals surface area (Å²) in [5.74, 6) is 0.500. The lowest BCUT2D eigenvalue weighted by Crippen LogP contribution is -2.37. The molecule has 0 bridgehead atoms. The second-order valence-corrected chi connectivity index (χ2v) is 9.34. The number of rotatable bonds is 4. The van der Waals surface area contributed by atoms with Crippen LogP contribution in [0.4, 0.5) is 0 Å². The monoisotopic (exact) mass is 402 g/mol. The van der Waals surface area contributed by atoms with Crippen LogP contribution in [0.2, 0.25) is 0 Å². The van der Waals surface area contributed by atoms with Gasteiger partial charge in [-0.3, -0.25) is 4.79 Å². The molecule has 1 aliphatic rings. The molecular formula is C16H23BrN2O3S. The SMILES string of the molecule is CC1CCC(NC(=O)c2ccc(Br)c(S(=O)(=O)N(C)C)c2)CC1. The maximum Gasteiger partial charge on any atom is 0.251 e. The molecule has 1 aliphatic carbocycles. The summed E-state index contributed by atoms with van der Waals surface area (Å²) < 4.78 is 26.2. The van der Waals surface area contributed by atoms with E-state index in [4.69, 9.17) is 0 Å². The van der Waals surface area contributed by atoms with Crippen molar-refractivity contribution in [3.05, 3.63) is 28.2 Å². The fraction of sp³-hybridized carbons (Fsp3) is 0.562. The number of sulfonamides is 1. The van der Waals surface area contributed by atoms with E-state index in [1.807, 2.05) is 0 Å². The predicted octanol–water partition coefficient (Wildman–Crippen LogP) is 3.01. The second kappa shape index (κ2) is 7.32. The van der Waals surface area contributed by atoms with Gasteiger partial charge in [0.1, 0.15) is 0 Å². The summed E-state index contributed by atoms with van der Waals surface area (Å²) in [5, 5.41) is 3.02. The fourth-order valence-electron chi connectivity index (χ4n) is 2.71. The third-order valence-corrected chi connectivity index (χ3v) is 7.11. The molecule has 7 heteroatoms. The number of carbonyl (C=O) groups is 1. The van der Waals surface area contributed by atoms with Gasteiger partial charge in [0.05, 0.1) is 4.90 Å². The normalized spacial score (nSPS) is 22.1. The third-order valence-electron chi connectivity index (χ3n) is 4.30. The lowest BCUT2D eigenvalue weighted by Gasteiger charge is -2.27. The summed E-state index contributed by atoms with van der Waals surface area (Å²) in [5.41, 5.74) is 0.368. The minimum atomic E-state index is -3.60. The topological polar surface area (TPSA) is 66.5 Å². The van der Waals surface area contributed by atoms with Crippen LogP contribution in [0.15, 0.2) is 27.6 Å². The number of amides is 1. The van der Waals surface area contributed by atoms with Crippen LogP contribution in [0.3, 0.4) is 0 Å². The Balaban J connectivity index is 2.19. The highest BCUT2D eigenvalue weighted by Gasteiger charge is 2.24. The summed E-state index contributed by atoms with van der Waals surface area (Å²) in [6, 6.07) is 4.85. The van der Waals surface area contributed by atoms with Crippen molar-refractivity contribution >= 4 is 31.9 Å².